The van der Waals surface area contributed by atoms with Crippen molar-refractivity contribution in [3.8, 4) is 0 Å². The Morgan fingerprint density at radius 1 is 1.19 bits per heavy atom. The molecule has 0 aliphatic heterocycles. The van der Waals surface area contributed by atoms with Crippen LogP contribution in [0, 0.1) is 5.92 Å². The zero-order chi connectivity index (χ0) is 12.4. The van der Waals surface area contributed by atoms with Crippen LogP contribution in [0.1, 0.15) is 20.3 Å². The van der Waals surface area contributed by atoms with Gasteiger partial charge < -0.3 is 19.9 Å². The van der Waals surface area contributed by atoms with E-state index in [0.717, 1.165) is 0 Å². The number of nitrogens with two attached hydrogens (primary N) is 1. The van der Waals surface area contributed by atoms with Crippen molar-refractivity contribution < 1.29 is 19.0 Å². The second-order valence-corrected chi connectivity index (χ2v) is 3.90. The lowest BCUT2D eigenvalue weighted by molar-refractivity contribution is -0.146. The number of carbonyl (C=O) groups excluding carboxylic acids is 1. The largest absolute Gasteiger partial charge is 0.464 e. The Morgan fingerprint density at radius 3 is 2.44 bits per heavy atom. The summed E-state index contributed by atoms with van der Waals surface area (Å²) in [6, 6.07) is -0.533. The average Bonchev–Trinajstić information content (AvgIpc) is 2.26. The third-order valence-corrected chi connectivity index (χ3v) is 2.10. The molecule has 2 N–H and O–H groups in total. The molecular weight excluding hydrogens is 210 g/mol. The normalized spacial score (nSPS) is 12.8. The summed E-state index contributed by atoms with van der Waals surface area (Å²) in [5.74, 6) is -0.239. The molecule has 0 fully saturated rings. The molecule has 0 aromatic heterocycles. The van der Waals surface area contributed by atoms with Gasteiger partial charge in [-0.2, -0.15) is 0 Å². The highest BCUT2D eigenvalue weighted by atomic mass is 16.5. The first-order valence-electron chi connectivity index (χ1n) is 5.58. The van der Waals surface area contributed by atoms with Gasteiger partial charge in [0.25, 0.3) is 0 Å². The summed E-state index contributed by atoms with van der Waals surface area (Å²) in [5, 5.41) is 0. The Labute approximate surface area is 97.2 Å². The highest BCUT2D eigenvalue weighted by Crippen LogP contribution is 2.00. The van der Waals surface area contributed by atoms with Crippen LogP contribution >= 0.6 is 0 Å². The Morgan fingerprint density at radius 2 is 1.88 bits per heavy atom. The van der Waals surface area contributed by atoms with E-state index in [1.165, 1.54) is 0 Å². The lowest BCUT2D eigenvalue weighted by Gasteiger charge is -2.14. The van der Waals surface area contributed by atoms with Gasteiger partial charge in [0.2, 0.25) is 0 Å². The van der Waals surface area contributed by atoms with Crippen LogP contribution in [0.15, 0.2) is 0 Å². The Bertz CT molecular complexity index is 185. The van der Waals surface area contributed by atoms with E-state index in [4.69, 9.17) is 19.9 Å². The van der Waals surface area contributed by atoms with Crippen LogP contribution in [0.5, 0.6) is 0 Å². The first-order chi connectivity index (χ1) is 7.59. The molecule has 0 saturated carbocycles. The number of hydrogen-bond donors (Lipinski definition) is 1. The van der Waals surface area contributed by atoms with Crippen LogP contribution in [0.3, 0.4) is 0 Å². The second kappa shape index (κ2) is 9.57. The highest BCUT2D eigenvalue weighted by molar-refractivity contribution is 5.75. The maximum atomic E-state index is 11.3. The topological polar surface area (TPSA) is 70.8 Å². The molecule has 0 radical (unpaired) electrons. The van der Waals surface area contributed by atoms with Crippen molar-refractivity contribution in [3.63, 3.8) is 0 Å². The molecule has 0 saturated heterocycles. The number of rotatable bonds is 9. The van der Waals surface area contributed by atoms with Crippen molar-refractivity contribution in [2.45, 2.75) is 26.3 Å². The SMILES string of the molecule is COCCOCCCOC(=O)[C@H](N)C(C)C. The molecule has 1 atom stereocenters. The molecule has 0 spiro atoms. The monoisotopic (exact) mass is 233 g/mol. The summed E-state index contributed by atoms with van der Waals surface area (Å²) in [6.45, 7) is 5.84. The van der Waals surface area contributed by atoms with Gasteiger partial charge in [-0.1, -0.05) is 13.8 Å². The second-order valence-electron chi connectivity index (χ2n) is 3.90. The van der Waals surface area contributed by atoms with Gasteiger partial charge in [0.1, 0.15) is 6.04 Å². The van der Waals surface area contributed by atoms with Crippen molar-refractivity contribution in [1.29, 1.82) is 0 Å². The molecule has 0 aliphatic rings. The fourth-order valence-corrected chi connectivity index (χ4v) is 0.946. The van der Waals surface area contributed by atoms with Crippen molar-refractivity contribution in [3.05, 3.63) is 0 Å². The Kier molecular flexibility index (Phi) is 9.18. The zero-order valence-electron chi connectivity index (χ0n) is 10.4. The fraction of sp³-hybridized carbons (Fsp3) is 0.909. The molecular formula is C11H23NO4. The smallest absolute Gasteiger partial charge is 0.323 e. The van der Waals surface area contributed by atoms with Gasteiger partial charge in [-0.25, -0.2) is 0 Å². The zero-order valence-corrected chi connectivity index (χ0v) is 10.4. The molecule has 5 nitrogen and oxygen atoms in total. The van der Waals surface area contributed by atoms with Crippen LogP contribution in [0.4, 0.5) is 0 Å². The molecule has 0 heterocycles. The molecule has 16 heavy (non-hydrogen) atoms. The van der Waals surface area contributed by atoms with Crippen LogP contribution in [0.2, 0.25) is 0 Å². The molecule has 0 unspecified atom stereocenters. The number of hydrogen-bond acceptors (Lipinski definition) is 5. The van der Waals surface area contributed by atoms with Gasteiger partial charge in [0, 0.05) is 20.1 Å². The van der Waals surface area contributed by atoms with E-state index in [9.17, 15) is 4.79 Å². The van der Waals surface area contributed by atoms with E-state index in [1.807, 2.05) is 13.8 Å². The summed E-state index contributed by atoms with van der Waals surface area (Å²) in [4.78, 5) is 11.3. The molecule has 0 amide bonds. The van der Waals surface area contributed by atoms with Crippen molar-refractivity contribution >= 4 is 5.97 Å². The minimum atomic E-state index is -0.533. The van der Waals surface area contributed by atoms with Gasteiger partial charge >= 0.3 is 5.97 Å². The number of methoxy groups -OCH3 is 1. The summed E-state index contributed by atoms with van der Waals surface area (Å²) in [6.07, 6.45) is 0.681. The lowest BCUT2D eigenvalue weighted by atomic mass is 10.1. The van der Waals surface area contributed by atoms with E-state index in [1.54, 1.807) is 7.11 Å². The fourth-order valence-electron chi connectivity index (χ4n) is 0.946. The predicted octanol–water partition coefficient (Wildman–Crippen LogP) is 0.566. The first-order valence-corrected chi connectivity index (χ1v) is 5.58. The standard InChI is InChI=1S/C11H23NO4/c1-9(2)10(12)11(13)16-6-4-5-15-8-7-14-3/h9-10H,4-8,12H2,1-3H3/t10-/m1/s1. The van der Waals surface area contributed by atoms with Gasteiger partial charge in [-0.3, -0.25) is 4.79 Å². The third-order valence-electron chi connectivity index (χ3n) is 2.10. The van der Waals surface area contributed by atoms with E-state index >= 15 is 0 Å². The first kappa shape index (κ1) is 15.3. The maximum Gasteiger partial charge on any atom is 0.323 e. The van der Waals surface area contributed by atoms with Gasteiger partial charge in [0.05, 0.1) is 19.8 Å². The average molecular weight is 233 g/mol. The molecule has 0 rings (SSSR count). The Balaban J connectivity index is 3.34. The lowest BCUT2D eigenvalue weighted by Crippen LogP contribution is -2.37. The van der Waals surface area contributed by atoms with E-state index in [0.29, 0.717) is 32.8 Å². The quantitative estimate of drug-likeness (QED) is 0.465. The van der Waals surface area contributed by atoms with Crippen LogP contribution in [-0.2, 0) is 19.0 Å². The molecule has 0 aromatic rings. The van der Waals surface area contributed by atoms with Crippen LogP contribution < -0.4 is 5.73 Å². The van der Waals surface area contributed by atoms with Crippen molar-refractivity contribution in [2.24, 2.45) is 11.7 Å². The summed E-state index contributed by atoms with van der Waals surface area (Å²) in [5.41, 5.74) is 5.62. The molecule has 5 heteroatoms. The summed E-state index contributed by atoms with van der Waals surface area (Å²) >= 11 is 0. The molecule has 0 bridgehead atoms. The summed E-state index contributed by atoms with van der Waals surface area (Å²) in [7, 11) is 1.62. The predicted molar refractivity (Wildman–Crippen MR) is 61.1 cm³/mol. The molecule has 96 valence electrons. The number of esters is 1. The van der Waals surface area contributed by atoms with E-state index < -0.39 is 6.04 Å². The van der Waals surface area contributed by atoms with Crippen LogP contribution in [0.25, 0.3) is 0 Å². The Hall–Kier alpha value is -0.650. The van der Waals surface area contributed by atoms with Crippen molar-refractivity contribution in [2.75, 3.05) is 33.5 Å². The van der Waals surface area contributed by atoms with Gasteiger partial charge in [0.15, 0.2) is 0 Å². The van der Waals surface area contributed by atoms with Gasteiger partial charge in [-0.15, -0.1) is 0 Å². The maximum absolute atomic E-state index is 11.3. The molecule has 0 aromatic carbocycles. The molecule has 0 aliphatic carbocycles. The third kappa shape index (κ3) is 7.62. The van der Waals surface area contributed by atoms with Crippen LogP contribution in [-0.4, -0.2) is 45.5 Å². The highest BCUT2D eigenvalue weighted by Gasteiger charge is 2.18. The minimum absolute atomic E-state index is 0.102. The summed E-state index contributed by atoms with van der Waals surface area (Å²) < 4.78 is 15.0. The number of carbonyl (C=O) groups is 1. The van der Waals surface area contributed by atoms with Gasteiger partial charge in [-0.05, 0) is 5.92 Å². The number of ether oxygens (including phenoxy) is 3. The van der Waals surface area contributed by atoms with Crippen molar-refractivity contribution in [1.82, 2.24) is 0 Å². The minimum Gasteiger partial charge on any atom is -0.464 e. The van der Waals surface area contributed by atoms with E-state index in [-0.39, 0.29) is 11.9 Å². The van der Waals surface area contributed by atoms with E-state index in [2.05, 4.69) is 0 Å².